The molecule has 1 aromatic carbocycles. The van der Waals surface area contributed by atoms with Crippen LogP contribution in [0.2, 0.25) is 0 Å². The number of nitrogens with zero attached hydrogens (tertiary/aromatic N) is 1. The van der Waals surface area contributed by atoms with E-state index >= 15 is 0 Å². The lowest BCUT2D eigenvalue weighted by Gasteiger charge is -2.27. The minimum atomic E-state index is -0.212. The molecule has 0 unspecified atom stereocenters. The Bertz CT molecular complexity index is 784. The van der Waals surface area contributed by atoms with Gasteiger partial charge in [-0.05, 0) is 30.2 Å². The van der Waals surface area contributed by atoms with Crippen molar-refractivity contribution in [1.29, 1.82) is 0 Å². The van der Waals surface area contributed by atoms with Gasteiger partial charge in [0.15, 0.2) is 0 Å². The van der Waals surface area contributed by atoms with Crippen LogP contribution in [0.25, 0.3) is 0 Å². The number of nitrogens with one attached hydrogen (secondary N) is 2. The van der Waals surface area contributed by atoms with Crippen molar-refractivity contribution in [1.82, 2.24) is 15.5 Å². The Kier molecular flexibility index (Phi) is 6.98. The lowest BCUT2D eigenvalue weighted by Crippen LogP contribution is -2.37. The molecule has 0 saturated carbocycles. The quantitative estimate of drug-likeness (QED) is 0.762. The molecule has 7 heteroatoms. The largest absolute Gasteiger partial charge is 0.379 e. The molecule has 1 aliphatic rings. The zero-order valence-electron chi connectivity index (χ0n) is 15.5. The van der Waals surface area contributed by atoms with E-state index < -0.39 is 0 Å². The van der Waals surface area contributed by atoms with E-state index in [-0.39, 0.29) is 18.4 Å². The Labute approximate surface area is 163 Å². The topological polar surface area (TPSA) is 70.7 Å². The third-order valence-electron chi connectivity index (χ3n) is 4.47. The first kappa shape index (κ1) is 19.5. The number of ether oxygens (including phenoxy) is 1. The number of morpholine rings is 1. The number of thiophene rings is 1. The molecule has 1 aromatic heterocycles. The third-order valence-corrected chi connectivity index (χ3v) is 5.47. The molecule has 2 amide bonds. The van der Waals surface area contributed by atoms with Gasteiger partial charge in [0.1, 0.15) is 0 Å². The minimum absolute atomic E-state index is 0.0264. The average molecular weight is 388 g/mol. The van der Waals surface area contributed by atoms with Crippen molar-refractivity contribution in [2.75, 3.05) is 32.8 Å². The molecule has 0 aliphatic carbocycles. The van der Waals surface area contributed by atoms with E-state index in [1.807, 2.05) is 31.2 Å². The van der Waals surface area contributed by atoms with Gasteiger partial charge in [0.25, 0.3) is 5.91 Å². The first-order valence-corrected chi connectivity index (χ1v) is 9.91. The molecule has 1 aliphatic heterocycles. The second-order valence-electron chi connectivity index (χ2n) is 6.53. The van der Waals surface area contributed by atoms with Gasteiger partial charge in [0.05, 0.1) is 24.6 Å². The van der Waals surface area contributed by atoms with Gasteiger partial charge in [0.2, 0.25) is 5.91 Å². The van der Waals surface area contributed by atoms with Crippen molar-refractivity contribution in [3.63, 3.8) is 0 Å². The van der Waals surface area contributed by atoms with Crippen LogP contribution >= 0.6 is 11.3 Å². The van der Waals surface area contributed by atoms with Crippen LogP contribution in [0, 0.1) is 6.92 Å². The Balaban J connectivity index is 1.47. The van der Waals surface area contributed by atoms with Gasteiger partial charge in [-0.1, -0.05) is 24.3 Å². The summed E-state index contributed by atoms with van der Waals surface area (Å²) in [5.41, 5.74) is 2.30. The van der Waals surface area contributed by atoms with Gasteiger partial charge in [-0.25, -0.2) is 0 Å². The number of carbonyl (C=O) groups is 2. The van der Waals surface area contributed by atoms with Crippen molar-refractivity contribution in [2.45, 2.75) is 20.0 Å². The first-order valence-electron chi connectivity index (χ1n) is 9.10. The number of hydrogen-bond acceptors (Lipinski definition) is 5. The van der Waals surface area contributed by atoms with Gasteiger partial charge in [0, 0.05) is 31.1 Å². The van der Waals surface area contributed by atoms with E-state index in [9.17, 15) is 9.59 Å². The Morgan fingerprint density at radius 1 is 1.07 bits per heavy atom. The van der Waals surface area contributed by atoms with Crippen molar-refractivity contribution in [3.05, 3.63) is 57.3 Å². The third kappa shape index (κ3) is 5.89. The maximum absolute atomic E-state index is 12.1. The van der Waals surface area contributed by atoms with Crippen LogP contribution in [0.4, 0.5) is 0 Å². The Hall–Kier alpha value is -2.22. The highest BCUT2D eigenvalue weighted by molar-refractivity contribution is 7.13. The standard InChI is InChI=1S/C20H25N3O3S/c1-15-6-7-18(27-15)20(25)22-13-19(24)21-12-16-4-2-3-5-17(16)14-23-8-10-26-11-9-23/h2-7H,8-14H2,1H3,(H,21,24)(H,22,25). The van der Waals surface area contributed by atoms with E-state index in [2.05, 4.69) is 21.6 Å². The molecular formula is C20H25N3O3S. The molecule has 6 nitrogen and oxygen atoms in total. The summed E-state index contributed by atoms with van der Waals surface area (Å²) < 4.78 is 5.39. The van der Waals surface area contributed by atoms with Crippen molar-refractivity contribution >= 4 is 23.2 Å². The summed E-state index contributed by atoms with van der Waals surface area (Å²) in [6, 6.07) is 11.8. The van der Waals surface area contributed by atoms with E-state index in [1.54, 1.807) is 6.07 Å². The molecule has 0 radical (unpaired) electrons. The summed E-state index contributed by atoms with van der Waals surface area (Å²) in [4.78, 5) is 28.2. The maximum Gasteiger partial charge on any atom is 0.261 e. The van der Waals surface area contributed by atoms with Crippen molar-refractivity contribution in [3.8, 4) is 0 Å². The molecule has 0 atom stereocenters. The molecule has 0 bridgehead atoms. The van der Waals surface area contributed by atoms with Crippen LogP contribution < -0.4 is 10.6 Å². The highest BCUT2D eigenvalue weighted by atomic mass is 32.1. The SMILES string of the molecule is Cc1ccc(C(=O)NCC(=O)NCc2ccccc2CN2CCOCC2)s1. The second kappa shape index (κ2) is 9.64. The summed E-state index contributed by atoms with van der Waals surface area (Å²) in [5.74, 6) is -0.409. The first-order chi connectivity index (χ1) is 13.1. The van der Waals surface area contributed by atoms with Gasteiger partial charge >= 0.3 is 0 Å². The molecule has 27 heavy (non-hydrogen) atoms. The highest BCUT2D eigenvalue weighted by Gasteiger charge is 2.13. The number of benzene rings is 1. The van der Waals surface area contributed by atoms with Crippen LogP contribution in [0.5, 0.6) is 0 Å². The van der Waals surface area contributed by atoms with Crippen molar-refractivity contribution in [2.24, 2.45) is 0 Å². The molecule has 3 rings (SSSR count). The minimum Gasteiger partial charge on any atom is -0.379 e. The van der Waals surface area contributed by atoms with Crippen LogP contribution in [0.15, 0.2) is 36.4 Å². The molecule has 144 valence electrons. The molecular weight excluding hydrogens is 362 g/mol. The summed E-state index contributed by atoms with van der Waals surface area (Å²) in [6.45, 7) is 6.61. The van der Waals surface area contributed by atoms with E-state index in [4.69, 9.17) is 4.74 Å². The molecule has 2 heterocycles. The van der Waals surface area contributed by atoms with Crippen LogP contribution in [0.1, 0.15) is 25.7 Å². The predicted molar refractivity (Wildman–Crippen MR) is 106 cm³/mol. The predicted octanol–water partition coefficient (Wildman–Crippen LogP) is 1.93. The molecule has 1 fully saturated rings. The molecule has 2 aromatic rings. The van der Waals surface area contributed by atoms with Gasteiger partial charge < -0.3 is 15.4 Å². The van der Waals surface area contributed by atoms with Crippen molar-refractivity contribution < 1.29 is 14.3 Å². The van der Waals surface area contributed by atoms with Gasteiger partial charge in [-0.3, -0.25) is 14.5 Å². The molecule has 2 N–H and O–H groups in total. The number of aryl methyl sites for hydroxylation is 1. The Morgan fingerprint density at radius 3 is 2.52 bits per heavy atom. The smallest absolute Gasteiger partial charge is 0.261 e. The Morgan fingerprint density at radius 2 is 1.81 bits per heavy atom. The second-order valence-corrected chi connectivity index (χ2v) is 7.81. The average Bonchev–Trinajstić information content (AvgIpc) is 3.13. The maximum atomic E-state index is 12.1. The van der Waals surface area contributed by atoms with E-state index in [0.717, 1.165) is 43.3 Å². The zero-order valence-corrected chi connectivity index (χ0v) is 16.3. The summed E-state index contributed by atoms with van der Waals surface area (Å²) in [6.07, 6.45) is 0. The van der Waals surface area contributed by atoms with Gasteiger partial charge in [-0.15, -0.1) is 11.3 Å². The highest BCUT2D eigenvalue weighted by Crippen LogP contribution is 2.15. The monoisotopic (exact) mass is 387 g/mol. The lowest BCUT2D eigenvalue weighted by atomic mass is 10.1. The molecule has 1 saturated heterocycles. The molecule has 0 spiro atoms. The number of amides is 2. The summed E-state index contributed by atoms with van der Waals surface area (Å²) >= 11 is 1.42. The summed E-state index contributed by atoms with van der Waals surface area (Å²) in [7, 11) is 0. The zero-order chi connectivity index (χ0) is 19.1. The van der Waals surface area contributed by atoms with E-state index in [0.29, 0.717) is 11.4 Å². The van der Waals surface area contributed by atoms with Crippen LogP contribution in [-0.2, 0) is 22.6 Å². The number of hydrogen-bond donors (Lipinski definition) is 2. The fourth-order valence-corrected chi connectivity index (χ4v) is 3.73. The van der Waals surface area contributed by atoms with E-state index in [1.165, 1.54) is 16.9 Å². The fraction of sp³-hybridized carbons (Fsp3) is 0.400. The fourth-order valence-electron chi connectivity index (χ4n) is 2.94. The van der Waals surface area contributed by atoms with Crippen LogP contribution in [-0.4, -0.2) is 49.6 Å². The lowest BCUT2D eigenvalue weighted by molar-refractivity contribution is -0.120. The van der Waals surface area contributed by atoms with Crippen LogP contribution in [0.3, 0.4) is 0 Å². The summed E-state index contributed by atoms with van der Waals surface area (Å²) in [5, 5.41) is 5.56. The number of rotatable bonds is 7. The normalized spacial score (nSPS) is 14.7. The number of carbonyl (C=O) groups excluding carboxylic acids is 2. The van der Waals surface area contributed by atoms with Gasteiger partial charge in [-0.2, -0.15) is 0 Å².